The standard InChI is InChI=1S/C10H15N5O3.Na.H3O4P/c11-10-13-8-7(9(18)14-10)12-5-15(8)2-1-6(3-16)4-17;;1-5(2,3)4/h5-6,16-17H,1-4H2,(H3,11,13,14,18);;(H3,1,2,3,4)/q;+1;/p-1. The van der Waals surface area contributed by atoms with Crippen LogP contribution in [0.15, 0.2) is 11.1 Å². The van der Waals surface area contributed by atoms with E-state index in [-0.39, 0.29) is 65.7 Å². The normalized spacial score (nSPS) is 11.1. The van der Waals surface area contributed by atoms with Crippen molar-refractivity contribution in [2.45, 2.75) is 13.0 Å². The number of aromatic amines is 1. The van der Waals surface area contributed by atoms with Crippen molar-refractivity contribution in [2.24, 2.45) is 5.92 Å². The maximum atomic E-state index is 11.5. The first kappa shape index (κ1) is 23.2. The zero-order valence-corrected chi connectivity index (χ0v) is 15.8. The number of aryl methyl sites for hydroxylation is 1. The number of anilines is 1. The molecule has 2 aromatic heterocycles. The molecule has 0 atom stereocenters. The Morgan fingerprint density at radius 2 is 1.92 bits per heavy atom. The van der Waals surface area contributed by atoms with E-state index in [1.165, 1.54) is 6.33 Å². The van der Waals surface area contributed by atoms with E-state index in [2.05, 4.69) is 15.0 Å². The van der Waals surface area contributed by atoms with Crippen LogP contribution >= 0.6 is 7.82 Å². The molecule has 0 saturated heterocycles. The van der Waals surface area contributed by atoms with Crippen molar-refractivity contribution in [3.05, 3.63) is 16.7 Å². The van der Waals surface area contributed by atoms with E-state index in [9.17, 15) is 4.79 Å². The Labute approximate surface area is 157 Å². The number of nitrogens with two attached hydrogens (primary N) is 1. The number of phosphoric acid groups is 1. The van der Waals surface area contributed by atoms with Crippen molar-refractivity contribution in [1.82, 2.24) is 19.5 Å². The first-order chi connectivity index (χ1) is 10.7. The Balaban J connectivity index is 0.000000777. The van der Waals surface area contributed by atoms with E-state index in [0.29, 0.717) is 18.6 Å². The van der Waals surface area contributed by atoms with Gasteiger partial charge >= 0.3 is 29.6 Å². The average molecular weight is 373 g/mol. The number of hydrogen-bond donors (Lipinski definition) is 6. The minimum absolute atomic E-state index is 0. The molecule has 7 N–H and O–H groups in total. The van der Waals surface area contributed by atoms with Crippen LogP contribution in [-0.4, -0.2) is 52.7 Å². The number of fused-ring (bicyclic) bond motifs is 1. The van der Waals surface area contributed by atoms with Crippen molar-refractivity contribution in [1.29, 1.82) is 0 Å². The molecule has 2 aromatic rings. The topological polar surface area (TPSA) is 211 Å². The summed E-state index contributed by atoms with van der Waals surface area (Å²) in [6, 6.07) is 0. The molecule has 2 rings (SSSR count). The molecule has 0 aliphatic rings. The third kappa shape index (κ3) is 7.83. The number of aliphatic hydroxyl groups is 2. The van der Waals surface area contributed by atoms with Crippen LogP contribution in [-0.2, 0) is 11.1 Å². The van der Waals surface area contributed by atoms with Crippen LogP contribution in [0.1, 0.15) is 6.42 Å². The molecular weight excluding hydrogens is 356 g/mol. The van der Waals surface area contributed by atoms with Gasteiger partial charge in [0.05, 0.1) is 6.33 Å². The van der Waals surface area contributed by atoms with Crippen molar-refractivity contribution >= 4 is 24.9 Å². The minimum Gasteiger partial charge on any atom is -0.756 e. The third-order valence-corrected chi connectivity index (χ3v) is 2.79. The molecule has 0 fully saturated rings. The molecule has 0 aliphatic carbocycles. The van der Waals surface area contributed by atoms with Crippen LogP contribution in [0.25, 0.3) is 11.2 Å². The van der Waals surface area contributed by atoms with Gasteiger partial charge in [0.15, 0.2) is 11.2 Å². The summed E-state index contributed by atoms with van der Waals surface area (Å²) in [7, 11) is -4.89. The van der Waals surface area contributed by atoms with Crippen molar-refractivity contribution < 1.29 is 59.0 Å². The van der Waals surface area contributed by atoms with Gasteiger partial charge in [0.25, 0.3) is 13.4 Å². The molecule has 24 heavy (non-hydrogen) atoms. The summed E-state index contributed by atoms with van der Waals surface area (Å²) in [6.07, 6.45) is 2.06. The average Bonchev–Trinajstić information content (AvgIpc) is 2.81. The third-order valence-electron chi connectivity index (χ3n) is 2.79. The summed E-state index contributed by atoms with van der Waals surface area (Å²) in [4.78, 5) is 44.8. The van der Waals surface area contributed by atoms with E-state index in [4.69, 9.17) is 35.2 Å². The van der Waals surface area contributed by atoms with Crippen LogP contribution < -0.4 is 45.7 Å². The number of H-pyrrole nitrogens is 1. The van der Waals surface area contributed by atoms with Gasteiger partial charge < -0.3 is 35.2 Å². The van der Waals surface area contributed by atoms with E-state index < -0.39 is 7.82 Å². The Bertz CT molecular complexity index is 732. The van der Waals surface area contributed by atoms with Gasteiger partial charge in [0.1, 0.15) is 0 Å². The number of nitrogen functional groups attached to an aromatic ring is 1. The predicted octanol–water partition coefficient (Wildman–Crippen LogP) is -5.86. The molecule has 130 valence electrons. The predicted molar refractivity (Wildman–Crippen MR) is 76.9 cm³/mol. The molecule has 12 nitrogen and oxygen atoms in total. The summed E-state index contributed by atoms with van der Waals surface area (Å²) >= 11 is 0. The Morgan fingerprint density at radius 1 is 1.38 bits per heavy atom. The fraction of sp³-hybridized carbons (Fsp3) is 0.500. The van der Waals surface area contributed by atoms with Crippen LogP contribution in [0.3, 0.4) is 0 Å². The van der Waals surface area contributed by atoms with Crippen molar-refractivity contribution in [3.63, 3.8) is 0 Å². The molecule has 14 heteroatoms. The summed E-state index contributed by atoms with van der Waals surface area (Å²) < 4.78 is 10.5. The first-order valence-corrected chi connectivity index (χ1v) is 7.87. The summed E-state index contributed by atoms with van der Waals surface area (Å²) in [5.41, 5.74) is 5.73. The molecule has 2 heterocycles. The fourth-order valence-electron chi connectivity index (χ4n) is 1.70. The maximum Gasteiger partial charge on any atom is 1.00 e. The summed E-state index contributed by atoms with van der Waals surface area (Å²) in [5, 5.41) is 18.0. The molecule has 0 amide bonds. The van der Waals surface area contributed by atoms with E-state index in [0.717, 1.165) is 0 Å². The van der Waals surface area contributed by atoms with Gasteiger partial charge in [-0.1, -0.05) is 0 Å². The van der Waals surface area contributed by atoms with Crippen molar-refractivity contribution in [3.8, 4) is 0 Å². The number of rotatable bonds is 5. The second-order valence-corrected chi connectivity index (χ2v) is 5.55. The Kier molecular flexibility index (Phi) is 9.88. The largest absolute Gasteiger partial charge is 1.00 e. The van der Waals surface area contributed by atoms with Crippen LogP contribution in [0, 0.1) is 5.92 Å². The quantitative estimate of drug-likeness (QED) is 0.216. The first-order valence-electron chi connectivity index (χ1n) is 6.34. The molecule has 0 radical (unpaired) electrons. The van der Waals surface area contributed by atoms with Gasteiger partial charge in [-0.05, 0) is 6.42 Å². The Morgan fingerprint density at radius 3 is 2.42 bits per heavy atom. The van der Waals surface area contributed by atoms with Crippen LogP contribution in [0.4, 0.5) is 5.95 Å². The van der Waals surface area contributed by atoms with Gasteiger partial charge in [0.2, 0.25) is 5.95 Å². The monoisotopic (exact) mass is 373 g/mol. The number of nitrogens with zero attached hydrogens (tertiary/aromatic N) is 3. The van der Waals surface area contributed by atoms with Crippen LogP contribution in [0.2, 0.25) is 0 Å². The zero-order valence-electron chi connectivity index (χ0n) is 12.9. The number of imidazole rings is 1. The van der Waals surface area contributed by atoms with Gasteiger partial charge in [0, 0.05) is 25.7 Å². The number of nitrogens with one attached hydrogen (secondary N) is 1. The molecule has 0 aromatic carbocycles. The zero-order chi connectivity index (χ0) is 17.6. The van der Waals surface area contributed by atoms with Gasteiger partial charge in [-0.3, -0.25) is 14.3 Å². The van der Waals surface area contributed by atoms with E-state index in [1.54, 1.807) is 4.57 Å². The second-order valence-electron chi connectivity index (χ2n) is 4.57. The van der Waals surface area contributed by atoms with E-state index >= 15 is 0 Å². The second kappa shape index (κ2) is 10.2. The number of aromatic nitrogens is 4. The minimum atomic E-state index is -4.89. The molecule has 0 saturated carbocycles. The van der Waals surface area contributed by atoms with Gasteiger partial charge in [-0.15, -0.1) is 0 Å². The van der Waals surface area contributed by atoms with Gasteiger partial charge in [-0.2, -0.15) is 4.98 Å². The molecule has 0 spiro atoms. The van der Waals surface area contributed by atoms with Crippen LogP contribution in [0.5, 0.6) is 0 Å². The number of hydrogen-bond acceptors (Lipinski definition) is 8. The molecular formula is C10H17N5NaO7P. The molecule has 0 bridgehead atoms. The number of aliphatic hydroxyl groups excluding tert-OH is 2. The van der Waals surface area contributed by atoms with Crippen molar-refractivity contribution in [2.75, 3.05) is 18.9 Å². The Hall–Kier alpha value is -0.820. The van der Waals surface area contributed by atoms with Gasteiger partial charge in [-0.25, -0.2) is 4.98 Å². The smallest absolute Gasteiger partial charge is 0.756 e. The molecule has 0 unspecified atom stereocenters. The maximum absolute atomic E-state index is 11.5. The fourth-order valence-corrected chi connectivity index (χ4v) is 1.70. The SMILES string of the molecule is Nc1nc2c(ncn2CCC(CO)CO)c(=O)[nH]1.O=P([O-])(O)O.[Na+]. The molecule has 0 aliphatic heterocycles. The summed E-state index contributed by atoms with van der Waals surface area (Å²) in [6.45, 7) is 0.330. The van der Waals surface area contributed by atoms with E-state index in [1.807, 2.05) is 0 Å². The summed E-state index contributed by atoms with van der Waals surface area (Å²) in [5.74, 6) is -0.156.